The first-order valence-electron chi connectivity index (χ1n) is 10.9. The first-order valence-corrected chi connectivity index (χ1v) is 10.9. The van der Waals surface area contributed by atoms with Crippen LogP contribution in [0.1, 0.15) is 63.5 Å². The number of benzene rings is 1. The molecule has 1 N–H and O–H groups in total. The number of carbonyl (C=O) groups is 4. The number of carbonyl (C=O) groups excluding carboxylic acids is 4. The molecule has 1 aromatic carbocycles. The van der Waals surface area contributed by atoms with Gasteiger partial charge in [0, 0.05) is 6.61 Å². The maximum atomic E-state index is 12.6. The third-order valence-corrected chi connectivity index (χ3v) is 5.06. The summed E-state index contributed by atoms with van der Waals surface area (Å²) in [5, 5.41) is 2.37. The van der Waals surface area contributed by atoms with E-state index < -0.39 is 30.2 Å². The summed E-state index contributed by atoms with van der Waals surface area (Å²) in [6.45, 7) is 4.77. The van der Waals surface area contributed by atoms with Gasteiger partial charge in [0.05, 0.1) is 18.3 Å². The van der Waals surface area contributed by atoms with E-state index in [0.29, 0.717) is 19.0 Å². The van der Waals surface area contributed by atoms with Crippen molar-refractivity contribution in [2.75, 3.05) is 31.7 Å². The zero-order valence-electron chi connectivity index (χ0n) is 19.3. The van der Waals surface area contributed by atoms with Gasteiger partial charge in [0.1, 0.15) is 29.2 Å². The van der Waals surface area contributed by atoms with E-state index in [9.17, 15) is 19.2 Å². The highest BCUT2D eigenvalue weighted by Gasteiger charge is 2.29. The van der Waals surface area contributed by atoms with Gasteiger partial charge in [-0.15, -0.1) is 0 Å². The highest BCUT2D eigenvalue weighted by Crippen LogP contribution is 2.28. The van der Waals surface area contributed by atoms with E-state index in [1.807, 2.05) is 0 Å². The topological polar surface area (TPSA) is 130 Å². The predicted octanol–water partition coefficient (Wildman–Crippen LogP) is 3.32. The number of aryl methyl sites for hydroxylation is 1. The van der Waals surface area contributed by atoms with Gasteiger partial charge < -0.3 is 23.4 Å². The van der Waals surface area contributed by atoms with Gasteiger partial charge >= 0.3 is 11.9 Å². The summed E-state index contributed by atoms with van der Waals surface area (Å²) in [6, 6.07) is 6.53. The van der Waals surface area contributed by atoms with Gasteiger partial charge in [0.15, 0.2) is 12.4 Å². The van der Waals surface area contributed by atoms with E-state index in [4.69, 9.17) is 23.4 Å². The second-order valence-electron chi connectivity index (χ2n) is 7.58. The molecule has 1 aliphatic heterocycles. The van der Waals surface area contributed by atoms with E-state index in [1.54, 1.807) is 25.1 Å². The van der Waals surface area contributed by atoms with Crippen molar-refractivity contribution in [2.24, 2.45) is 0 Å². The van der Waals surface area contributed by atoms with Crippen LogP contribution in [0.4, 0.5) is 5.88 Å². The van der Waals surface area contributed by atoms with Crippen molar-refractivity contribution < 1.29 is 42.5 Å². The molecule has 1 unspecified atom stereocenters. The van der Waals surface area contributed by atoms with Gasteiger partial charge in [-0.05, 0) is 45.7 Å². The Labute approximate surface area is 196 Å². The minimum atomic E-state index is -0.811. The van der Waals surface area contributed by atoms with Gasteiger partial charge in [-0.25, -0.2) is 9.59 Å². The number of hydrogen-bond donors (Lipinski definition) is 1. The van der Waals surface area contributed by atoms with Crippen LogP contribution in [0.5, 0.6) is 5.75 Å². The molecule has 1 amide bonds. The van der Waals surface area contributed by atoms with E-state index >= 15 is 0 Å². The largest absolute Gasteiger partial charge is 0.490 e. The Morgan fingerprint density at radius 3 is 2.53 bits per heavy atom. The normalized spacial score (nSPS) is 15.0. The third-order valence-electron chi connectivity index (χ3n) is 5.06. The van der Waals surface area contributed by atoms with Crippen LogP contribution in [-0.4, -0.2) is 56.2 Å². The second-order valence-corrected chi connectivity index (χ2v) is 7.58. The van der Waals surface area contributed by atoms with E-state index in [-0.39, 0.29) is 41.0 Å². The minimum absolute atomic E-state index is 0.0167. The Morgan fingerprint density at radius 2 is 1.85 bits per heavy atom. The first-order chi connectivity index (χ1) is 16.3. The number of anilines is 1. The monoisotopic (exact) mass is 473 g/mol. The van der Waals surface area contributed by atoms with Crippen molar-refractivity contribution in [1.82, 2.24) is 0 Å². The molecule has 10 heteroatoms. The number of Topliss-reactive ketones (excluding diaryl/α,β-unsaturated/α-hetero) is 1. The predicted molar refractivity (Wildman–Crippen MR) is 119 cm³/mol. The molecule has 0 aliphatic carbocycles. The zero-order valence-corrected chi connectivity index (χ0v) is 19.3. The number of para-hydroxylation sites is 1. The second kappa shape index (κ2) is 11.5. The molecule has 2 heterocycles. The summed E-state index contributed by atoms with van der Waals surface area (Å²) >= 11 is 0. The molecule has 10 nitrogen and oxygen atoms in total. The van der Waals surface area contributed by atoms with Crippen LogP contribution in [0.2, 0.25) is 0 Å². The van der Waals surface area contributed by atoms with Crippen LogP contribution >= 0.6 is 0 Å². The van der Waals surface area contributed by atoms with Gasteiger partial charge in [-0.1, -0.05) is 12.1 Å². The summed E-state index contributed by atoms with van der Waals surface area (Å²) in [5.74, 6) is -2.53. The highest BCUT2D eigenvalue weighted by molar-refractivity contribution is 6.11. The number of amides is 1. The number of ether oxygens (including phenoxy) is 4. The molecule has 1 aliphatic rings. The molecule has 0 radical (unpaired) electrons. The average Bonchev–Trinajstić information content (AvgIpc) is 3.44. The molecule has 1 atom stereocenters. The van der Waals surface area contributed by atoms with Crippen LogP contribution in [0.15, 0.2) is 28.7 Å². The Kier molecular flexibility index (Phi) is 8.42. The van der Waals surface area contributed by atoms with Gasteiger partial charge in [-0.3, -0.25) is 14.9 Å². The lowest BCUT2D eigenvalue weighted by molar-refractivity contribution is -0.119. The Hall–Kier alpha value is -3.66. The van der Waals surface area contributed by atoms with E-state index in [0.717, 1.165) is 12.8 Å². The Balaban J connectivity index is 1.65. The van der Waals surface area contributed by atoms with E-state index in [2.05, 4.69) is 5.32 Å². The number of hydrogen-bond acceptors (Lipinski definition) is 9. The Bertz CT molecular complexity index is 1070. The van der Waals surface area contributed by atoms with Gasteiger partial charge in [0.25, 0.3) is 5.91 Å². The molecule has 34 heavy (non-hydrogen) atoms. The molecule has 0 spiro atoms. The fraction of sp³-hybridized carbons (Fsp3) is 0.417. The summed E-state index contributed by atoms with van der Waals surface area (Å²) in [4.78, 5) is 49.3. The van der Waals surface area contributed by atoms with Crippen molar-refractivity contribution in [2.45, 2.75) is 39.7 Å². The summed E-state index contributed by atoms with van der Waals surface area (Å²) in [7, 11) is 0. The van der Waals surface area contributed by atoms with Crippen molar-refractivity contribution >= 4 is 29.5 Å². The number of nitrogens with one attached hydrogen (secondary N) is 1. The molecular formula is C24H27NO9. The van der Waals surface area contributed by atoms with Gasteiger partial charge in [-0.2, -0.15) is 0 Å². The smallest absolute Gasteiger partial charge is 0.344 e. The molecule has 182 valence electrons. The third kappa shape index (κ3) is 6.02. The van der Waals surface area contributed by atoms with Crippen molar-refractivity contribution in [3.05, 3.63) is 46.7 Å². The number of esters is 2. The first kappa shape index (κ1) is 25.0. The van der Waals surface area contributed by atoms with Crippen LogP contribution in [0.25, 0.3) is 0 Å². The highest BCUT2D eigenvalue weighted by atomic mass is 16.6. The Morgan fingerprint density at radius 1 is 1.09 bits per heavy atom. The molecule has 2 aromatic rings. The van der Waals surface area contributed by atoms with Crippen molar-refractivity contribution in [3.63, 3.8) is 0 Å². The molecule has 1 aromatic heterocycles. The standard InChI is InChI=1S/C24H27NO9/c1-4-30-24(29)21-20(14(2)26)15(3)34-22(21)25-19(27)13-33-23(28)17-9-5-6-10-18(17)32-12-16-8-7-11-31-16/h5-6,9-10,16H,4,7-8,11-13H2,1-3H3,(H,25,27). The molecule has 0 bridgehead atoms. The minimum Gasteiger partial charge on any atom is -0.490 e. The van der Waals surface area contributed by atoms with Crippen molar-refractivity contribution in [1.29, 1.82) is 0 Å². The van der Waals surface area contributed by atoms with Crippen LogP contribution in [0, 0.1) is 6.92 Å². The number of furan rings is 1. The molecule has 3 rings (SSSR count). The van der Waals surface area contributed by atoms with Crippen LogP contribution < -0.4 is 10.1 Å². The van der Waals surface area contributed by atoms with E-state index in [1.165, 1.54) is 19.9 Å². The molecule has 0 saturated carbocycles. The zero-order chi connectivity index (χ0) is 24.7. The fourth-order valence-corrected chi connectivity index (χ4v) is 3.55. The number of ketones is 1. The molecule has 1 saturated heterocycles. The van der Waals surface area contributed by atoms with Crippen LogP contribution in [0.3, 0.4) is 0 Å². The number of rotatable bonds is 10. The molecule has 1 fully saturated rings. The fourth-order valence-electron chi connectivity index (χ4n) is 3.55. The lowest BCUT2D eigenvalue weighted by atomic mass is 10.1. The van der Waals surface area contributed by atoms with Crippen LogP contribution in [-0.2, 0) is 19.0 Å². The van der Waals surface area contributed by atoms with Crippen molar-refractivity contribution in [3.8, 4) is 5.75 Å². The summed E-state index contributed by atoms with van der Waals surface area (Å²) in [6.07, 6.45) is 1.83. The summed E-state index contributed by atoms with van der Waals surface area (Å²) in [5.41, 5.74) is -0.00399. The lowest BCUT2D eigenvalue weighted by Gasteiger charge is -2.14. The summed E-state index contributed by atoms with van der Waals surface area (Å²) < 4.78 is 26.7. The molecular weight excluding hydrogens is 446 g/mol. The quantitative estimate of drug-likeness (QED) is 0.408. The average molecular weight is 473 g/mol. The lowest BCUT2D eigenvalue weighted by Crippen LogP contribution is -2.23. The van der Waals surface area contributed by atoms with Gasteiger partial charge in [0.2, 0.25) is 5.88 Å². The maximum absolute atomic E-state index is 12.6. The maximum Gasteiger partial charge on any atom is 0.344 e. The SMILES string of the molecule is CCOC(=O)c1c(NC(=O)COC(=O)c2ccccc2OCC2CCCO2)oc(C)c1C(C)=O.